The first-order valence-corrected chi connectivity index (χ1v) is 11.9. The predicted octanol–water partition coefficient (Wildman–Crippen LogP) is 4.57. The molecule has 4 aromatic rings. The van der Waals surface area contributed by atoms with Crippen LogP contribution >= 0.6 is 0 Å². The Balaban J connectivity index is 1.19. The lowest BCUT2D eigenvalue weighted by Gasteiger charge is -2.22. The van der Waals surface area contributed by atoms with Gasteiger partial charge in [-0.05, 0) is 48.7 Å². The van der Waals surface area contributed by atoms with Gasteiger partial charge in [-0.25, -0.2) is 4.98 Å². The number of aromatic nitrogens is 2. The molecule has 0 saturated carbocycles. The summed E-state index contributed by atoms with van der Waals surface area (Å²) in [7, 11) is 0. The molecule has 3 heterocycles. The molecule has 0 N–H and O–H groups in total. The summed E-state index contributed by atoms with van der Waals surface area (Å²) >= 11 is 0. The van der Waals surface area contributed by atoms with Crippen LogP contribution in [0.25, 0.3) is 5.65 Å². The first-order chi connectivity index (χ1) is 16.6. The van der Waals surface area contributed by atoms with E-state index in [9.17, 15) is 4.79 Å². The van der Waals surface area contributed by atoms with E-state index < -0.39 is 0 Å². The summed E-state index contributed by atoms with van der Waals surface area (Å²) in [4.78, 5) is 22.2. The van der Waals surface area contributed by atoms with Gasteiger partial charge < -0.3 is 14.0 Å². The molecule has 0 radical (unpaired) electrons. The number of pyridine rings is 1. The normalized spacial score (nSPS) is 14.8. The molecule has 2 aromatic carbocycles. The number of aryl methyl sites for hydroxylation is 1. The smallest absolute Gasteiger partial charge is 0.254 e. The van der Waals surface area contributed by atoms with E-state index in [1.807, 2.05) is 64.2 Å². The quantitative estimate of drug-likeness (QED) is 0.428. The zero-order valence-electron chi connectivity index (χ0n) is 19.6. The van der Waals surface area contributed by atoms with Crippen molar-refractivity contribution in [3.63, 3.8) is 0 Å². The summed E-state index contributed by atoms with van der Waals surface area (Å²) in [5.74, 6) is 0.745. The SMILES string of the molecule is Cc1ccc2nc(COc3cccc(C(=O)N4CCCN(Cc5ccccc5)CC4)c3)cn2c1. The van der Waals surface area contributed by atoms with Crippen LogP contribution in [0.15, 0.2) is 79.1 Å². The van der Waals surface area contributed by atoms with Gasteiger partial charge in [-0.3, -0.25) is 9.69 Å². The predicted molar refractivity (Wildman–Crippen MR) is 133 cm³/mol. The molecule has 6 heteroatoms. The summed E-state index contributed by atoms with van der Waals surface area (Å²) in [6.07, 6.45) is 5.01. The van der Waals surface area contributed by atoms with E-state index in [1.165, 1.54) is 11.1 Å². The third-order valence-corrected chi connectivity index (χ3v) is 6.24. The second-order valence-electron chi connectivity index (χ2n) is 8.93. The highest BCUT2D eigenvalue weighted by molar-refractivity contribution is 5.94. The minimum absolute atomic E-state index is 0.0650. The van der Waals surface area contributed by atoms with E-state index in [0.29, 0.717) is 17.9 Å². The molecular formula is C28H30N4O2. The highest BCUT2D eigenvalue weighted by Gasteiger charge is 2.21. The van der Waals surface area contributed by atoms with Gasteiger partial charge in [0.1, 0.15) is 18.0 Å². The Hall–Kier alpha value is -3.64. The molecule has 1 aliphatic heterocycles. The Morgan fingerprint density at radius 2 is 1.82 bits per heavy atom. The van der Waals surface area contributed by atoms with Crippen molar-refractivity contribution in [2.75, 3.05) is 26.2 Å². The lowest BCUT2D eigenvalue weighted by molar-refractivity contribution is 0.0760. The Kier molecular flexibility index (Phi) is 6.58. The molecule has 1 aliphatic rings. The van der Waals surface area contributed by atoms with E-state index in [4.69, 9.17) is 4.74 Å². The lowest BCUT2D eigenvalue weighted by atomic mass is 10.2. The van der Waals surface area contributed by atoms with Crippen LogP contribution < -0.4 is 4.74 Å². The Bertz CT molecular complexity index is 1270. The second kappa shape index (κ2) is 10.1. The van der Waals surface area contributed by atoms with Crippen LogP contribution in [-0.2, 0) is 13.2 Å². The van der Waals surface area contributed by atoms with Crippen molar-refractivity contribution in [2.24, 2.45) is 0 Å². The van der Waals surface area contributed by atoms with Gasteiger partial charge in [-0.2, -0.15) is 0 Å². The maximum atomic E-state index is 13.2. The number of carbonyl (C=O) groups is 1. The van der Waals surface area contributed by atoms with Gasteiger partial charge in [0.25, 0.3) is 5.91 Å². The third kappa shape index (κ3) is 5.29. The summed E-state index contributed by atoms with van der Waals surface area (Å²) in [6, 6.07) is 22.1. The minimum Gasteiger partial charge on any atom is -0.487 e. The first-order valence-electron chi connectivity index (χ1n) is 11.9. The van der Waals surface area contributed by atoms with Gasteiger partial charge in [0.2, 0.25) is 0 Å². The molecule has 1 fully saturated rings. The number of carbonyl (C=O) groups excluding carboxylic acids is 1. The van der Waals surface area contributed by atoms with Crippen molar-refractivity contribution in [3.8, 4) is 5.75 Å². The third-order valence-electron chi connectivity index (χ3n) is 6.24. The molecule has 0 aliphatic carbocycles. The van der Waals surface area contributed by atoms with Crippen LogP contribution in [0.1, 0.15) is 33.6 Å². The number of rotatable bonds is 6. The van der Waals surface area contributed by atoms with Crippen molar-refractivity contribution in [2.45, 2.75) is 26.5 Å². The van der Waals surface area contributed by atoms with Crippen LogP contribution in [0.2, 0.25) is 0 Å². The van der Waals surface area contributed by atoms with Crippen molar-refractivity contribution in [3.05, 3.63) is 102 Å². The molecule has 6 nitrogen and oxygen atoms in total. The van der Waals surface area contributed by atoms with Crippen LogP contribution in [0.4, 0.5) is 0 Å². The fourth-order valence-corrected chi connectivity index (χ4v) is 4.46. The number of hydrogen-bond acceptors (Lipinski definition) is 4. The fraction of sp³-hybridized carbons (Fsp3) is 0.286. The average molecular weight is 455 g/mol. The zero-order chi connectivity index (χ0) is 23.3. The highest BCUT2D eigenvalue weighted by Crippen LogP contribution is 2.18. The number of amides is 1. The molecule has 0 unspecified atom stereocenters. The number of nitrogens with zero attached hydrogens (tertiary/aromatic N) is 4. The fourth-order valence-electron chi connectivity index (χ4n) is 4.46. The molecule has 1 saturated heterocycles. The second-order valence-corrected chi connectivity index (χ2v) is 8.93. The summed E-state index contributed by atoms with van der Waals surface area (Å²) in [5.41, 5.74) is 4.91. The van der Waals surface area contributed by atoms with Crippen LogP contribution in [0.3, 0.4) is 0 Å². The van der Waals surface area contributed by atoms with Gasteiger partial charge in [0.15, 0.2) is 0 Å². The zero-order valence-corrected chi connectivity index (χ0v) is 19.6. The van der Waals surface area contributed by atoms with E-state index >= 15 is 0 Å². The molecule has 174 valence electrons. The Morgan fingerprint density at radius 3 is 2.71 bits per heavy atom. The van der Waals surface area contributed by atoms with Crippen molar-refractivity contribution in [1.82, 2.24) is 19.2 Å². The standard InChI is InChI=1S/C28H30N4O2/c1-22-11-12-27-29-25(20-32(27)18-22)21-34-26-10-5-9-24(17-26)28(33)31-14-6-13-30(15-16-31)19-23-7-3-2-4-8-23/h2-5,7-12,17-18,20H,6,13-16,19,21H2,1H3. The maximum Gasteiger partial charge on any atom is 0.254 e. The largest absolute Gasteiger partial charge is 0.487 e. The highest BCUT2D eigenvalue weighted by atomic mass is 16.5. The van der Waals surface area contributed by atoms with Crippen LogP contribution in [0, 0.1) is 6.92 Å². The molecule has 0 bridgehead atoms. The van der Waals surface area contributed by atoms with E-state index in [2.05, 4.69) is 41.1 Å². The monoisotopic (exact) mass is 454 g/mol. The molecular weight excluding hydrogens is 424 g/mol. The van der Waals surface area contributed by atoms with E-state index in [1.54, 1.807) is 0 Å². The molecule has 5 rings (SSSR count). The van der Waals surface area contributed by atoms with Gasteiger partial charge in [-0.1, -0.05) is 42.5 Å². The van der Waals surface area contributed by atoms with Crippen molar-refractivity contribution < 1.29 is 9.53 Å². The average Bonchev–Trinajstić information content (AvgIpc) is 3.12. The van der Waals surface area contributed by atoms with Crippen LogP contribution in [0.5, 0.6) is 5.75 Å². The Morgan fingerprint density at radius 1 is 0.941 bits per heavy atom. The van der Waals surface area contributed by atoms with E-state index in [0.717, 1.165) is 50.5 Å². The number of ether oxygens (including phenoxy) is 1. The number of imidazole rings is 1. The van der Waals surface area contributed by atoms with Gasteiger partial charge in [0, 0.05) is 50.7 Å². The number of hydrogen-bond donors (Lipinski definition) is 0. The Labute approximate surface area is 200 Å². The van der Waals surface area contributed by atoms with Crippen LogP contribution in [-0.4, -0.2) is 51.3 Å². The molecule has 34 heavy (non-hydrogen) atoms. The molecule has 1 amide bonds. The maximum absolute atomic E-state index is 13.2. The summed E-state index contributed by atoms with van der Waals surface area (Å²) < 4.78 is 7.99. The number of benzene rings is 2. The summed E-state index contributed by atoms with van der Waals surface area (Å²) in [5, 5.41) is 0. The van der Waals surface area contributed by atoms with Crippen molar-refractivity contribution >= 4 is 11.6 Å². The summed E-state index contributed by atoms with van der Waals surface area (Å²) in [6.45, 7) is 6.73. The van der Waals surface area contributed by atoms with Gasteiger partial charge in [-0.15, -0.1) is 0 Å². The number of fused-ring (bicyclic) bond motifs is 1. The van der Waals surface area contributed by atoms with Gasteiger partial charge >= 0.3 is 0 Å². The molecule has 0 atom stereocenters. The van der Waals surface area contributed by atoms with Gasteiger partial charge in [0.05, 0.1) is 5.69 Å². The first kappa shape index (κ1) is 22.2. The van der Waals surface area contributed by atoms with Crippen molar-refractivity contribution in [1.29, 1.82) is 0 Å². The topological polar surface area (TPSA) is 50.1 Å². The molecule has 0 spiro atoms. The minimum atomic E-state index is 0.0650. The van der Waals surface area contributed by atoms with E-state index in [-0.39, 0.29) is 5.91 Å². The lowest BCUT2D eigenvalue weighted by Crippen LogP contribution is -2.35. The molecule has 2 aromatic heterocycles.